The number of carboxylic acids is 1. The lowest BCUT2D eigenvalue weighted by Gasteiger charge is -2.23. The van der Waals surface area contributed by atoms with Crippen molar-refractivity contribution >= 4 is 24.2 Å². The van der Waals surface area contributed by atoms with Crippen LogP contribution in [-0.2, 0) is 30.2 Å². The molecule has 11 nitrogen and oxygen atoms in total. The molecule has 0 radical (unpaired) electrons. The number of hydrogen-bond donors (Lipinski definition) is 2. The number of esters is 1. The summed E-state index contributed by atoms with van der Waals surface area (Å²) in [5.41, 5.74) is 0.492. The Balaban J connectivity index is 2.10. The molecule has 42 heavy (non-hydrogen) atoms. The molecular formula is C31H47NO10. The summed E-state index contributed by atoms with van der Waals surface area (Å²) < 4.78 is 26.8. The summed E-state index contributed by atoms with van der Waals surface area (Å²) in [4.78, 5) is 49.3. The van der Waals surface area contributed by atoms with Crippen molar-refractivity contribution in [3.63, 3.8) is 0 Å². The first-order valence-corrected chi connectivity index (χ1v) is 15.1. The molecule has 0 aliphatic heterocycles. The van der Waals surface area contributed by atoms with Gasteiger partial charge in [-0.3, -0.25) is 9.59 Å². The number of rotatable bonds is 16. The van der Waals surface area contributed by atoms with Gasteiger partial charge in [-0.1, -0.05) is 52.0 Å². The van der Waals surface area contributed by atoms with Crippen LogP contribution in [-0.4, -0.2) is 60.3 Å². The Kier molecular flexibility index (Phi) is 15.1. The zero-order chi connectivity index (χ0) is 31.1. The Morgan fingerprint density at radius 1 is 0.833 bits per heavy atom. The van der Waals surface area contributed by atoms with Crippen LogP contribution in [0.1, 0.15) is 98.0 Å². The molecule has 1 fully saturated rings. The number of carbonyl (C=O) groups excluding carboxylic acids is 3. The molecule has 1 aliphatic rings. The van der Waals surface area contributed by atoms with E-state index < -0.39 is 30.4 Å². The van der Waals surface area contributed by atoms with Gasteiger partial charge < -0.3 is 34.1 Å². The fourth-order valence-electron chi connectivity index (χ4n) is 4.80. The third kappa shape index (κ3) is 12.7. The smallest absolute Gasteiger partial charge is 0.480 e. The third-order valence-corrected chi connectivity index (χ3v) is 7.03. The number of carboxylic acid groups (broad SMARTS) is 1. The van der Waals surface area contributed by atoms with Crippen LogP contribution in [0.4, 0.5) is 9.59 Å². The molecule has 1 aliphatic carbocycles. The summed E-state index contributed by atoms with van der Waals surface area (Å²) in [5.74, 6) is -1.63. The predicted molar refractivity (Wildman–Crippen MR) is 155 cm³/mol. The number of benzene rings is 1. The van der Waals surface area contributed by atoms with E-state index in [-0.39, 0.29) is 48.6 Å². The van der Waals surface area contributed by atoms with Crippen molar-refractivity contribution in [2.24, 2.45) is 5.92 Å². The van der Waals surface area contributed by atoms with Crippen LogP contribution in [0, 0.1) is 5.92 Å². The average Bonchev–Trinajstić information content (AvgIpc) is 2.92. The monoisotopic (exact) mass is 593 g/mol. The summed E-state index contributed by atoms with van der Waals surface area (Å²) >= 11 is 0. The molecule has 0 saturated heterocycles. The van der Waals surface area contributed by atoms with Gasteiger partial charge in [0.2, 0.25) is 0 Å². The van der Waals surface area contributed by atoms with Crippen LogP contribution in [0.2, 0.25) is 0 Å². The van der Waals surface area contributed by atoms with Gasteiger partial charge in [0.15, 0.2) is 11.5 Å². The van der Waals surface area contributed by atoms with E-state index in [0.29, 0.717) is 18.4 Å². The molecule has 1 aromatic rings. The van der Waals surface area contributed by atoms with Gasteiger partial charge in [0.25, 0.3) is 0 Å². The van der Waals surface area contributed by atoms with Gasteiger partial charge in [0.05, 0.1) is 5.92 Å². The molecule has 0 heterocycles. The average molecular weight is 594 g/mol. The van der Waals surface area contributed by atoms with Crippen molar-refractivity contribution in [2.75, 3.05) is 6.54 Å². The van der Waals surface area contributed by atoms with Crippen LogP contribution >= 0.6 is 0 Å². The number of aliphatic carboxylic acids is 1. The van der Waals surface area contributed by atoms with Gasteiger partial charge in [0.1, 0.15) is 24.4 Å². The second-order valence-electron chi connectivity index (χ2n) is 11.0. The lowest BCUT2D eigenvalue weighted by atomic mass is 9.89. The van der Waals surface area contributed by atoms with Crippen LogP contribution in [0.3, 0.4) is 0 Å². The molecule has 11 heteroatoms. The summed E-state index contributed by atoms with van der Waals surface area (Å²) in [5, 5.41) is 12.8. The van der Waals surface area contributed by atoms with Crippen molar-refractivity contribution in [3.8, 4) is 11.5 Å². The molecule has 3 unspecified atom stereocenters. The van der Waals surface area contributed by atoms with E-state index >= 15 is 0 Å². The minimum atomic E-state index is -1.11. The van der Waals surface area contributed by atoms with Crippen molar-refractivity contribution < 1.29 is 48.0 Å². The van der Waals surface area contributed by atoms with Gasteiger partial charge in [-0.25, -0.2) is 9.59 Å². The van der Waals surface area contributed by atoms with Gasteiger partial charge in [-0.05, 0) is 70.6 Å². The summed E-state index contributed by atoms with van der Waals surface area (Å²) in [7, 11) is 0. The fourth-order valence-corrected chi connectivity index (χ4v) is 4.80. The number of nitrogens with one attached hydrogen (secondary N) is 1. The Hall–Kier alpha value is -3.34. The largest absolute Gasteiger partial charge is 0.514 e. The Bertz CT molecular complexity index is 1020. The number of ether oxygens (including phenoxy) is 5. The molecule has 0 spiro atoms. The first kappa shape index (κ1) is 34.9. The van der Waals surface area contributed by atoms with E-state index in [4.69, 9.17) is 23.7 Å². The molecular weight excluding hydrogens is 546 g/mol. The molecule has 0 aromatic heterocycles. The normalized spacial score (nSPS) is 16.4. The van der Waals surface area contributed by atoms with E-state index in [1.54, 1.807) is 26.8 Å². The van der Waals surface area contributed by atoms with E-state index in [1.807, 2.05) is 13.8 Å². The van der Waals surface area contributed by atoms with Gasteiger partial charge >= 0.3 is 24.2 Å². The molecule has 1 aromatic carbocycles. The summed E-state index contributed by atoms with van der Waals surface area (Å²) in [6.45, 7) is 9.26. The van der Waals surface area contributed by atoms with Gasteiger partial charge in [0, 0.05) is 6.54 Å². The van der Waals surface area contributed by atoms with Crippen molar-refractivity contribution in [1.29, 1.82) is 0 Å². The Morgan fingerprint density at radius 2 is 1.40 bits per heavy atom. The lowest BCUT2D eigenvalue weighted by Crippen LogP contribution is -2.43. The van der Waals surface area contributed by atoms with E-state index in [0.717, 1.165) is 44.9 Å². The highest BCUT2D eigenvalue weighted by Crippen LogP contribution is 2.30. The summed E-state index contributed by atoms with van der Waals surface area (Å²) in [6, 6.07) is 3.37. The first-order chi connectivity index (χ1) is 20.0. The molecule has 0 amide bonds. The zero-order valence-corrected chi connectivity index (χ0v) is 25.5. The molecule has 2 rings (SSSR count). The quantitative estimate of drug-likeness (QED) is 0.128. The van der Waals surface area contributed by atoms with Crippen molar-refractivity contribution in [2.45, 2.75) is 123 Å². The molecule has 4 atom stereocenters. The molecule has 2 N–H and O–H groups in total. The lowest BCUT2D eigenvalue weighted by molar-refractivity contribution is -0.154. The fraction of sp³-hybridized carbons (Fsp3) is 0.677. The van der Waals surface area contributed by atoms with E-state index in [2.05, 4.69) is 5.32 Å². The van der Waals surface area contributed by atoms with Gasteiger partial charge in [-0.2, -0.15) is 0 Å². The summed E-state index contributed by atoms with van der Waals surface area (Å²) in [6.07, 6.45) is 4.52. The maximum Gasteiger partial charge on any atom is 0.514 e. The van der Waals surface area contributed by atoms with Crippen LogP contribution in [0.15, 0.2) is 18.2 Å². The highest BCUT2D eigenvalue weighted by atomic mass is 16.7. The highest BCUT2D eigenvalue weighted by Gasteiger charge is 2.26. The minimum Gasteiger partial charge on any atom is -0.480 e. The standard InChI is InChI=1S/C31H47NO10/c1-6-11-20(3)39-30(36)41-26-16-15-23(18-27(26)42-31(37)40-21(4)12-7-2)17-25(28(33)34)32-19-22(5)38-29(35)24-13-9-8-10-14-24/h15-16,18,20-22,24-25,32H,6-14,17,19H2,1-5H3,(H,33,34)/t20?,21?,22?,25-/m0/s1. The Morgan fingerprint density at radius 3 is 1.95 bits per heavy atom. The topological polar surface area (TPSA) is 147 Å². The predicted octanol–water partition coefficient (Wildman–Crippen LogP) is 6.19. The maximum absolute atomic E-state index is 12.5. The van der Waals surface area contributed by atoms with Crippen LogP contribution in [0.5, 0.6) is 11.5 Å². The zero-order valence-electron chi connectivity index (χ0n) is 25.5. The van der Waals surface area contributed by atoms with Gasteiger partial charge in [-0.15, -0.1) is 0 Å². The minimum absolute atomic E-state index is 0.00846. The maximum atomic E-state index is 12.5. The van der Waals surface area contributed by atoms with Crippen molar-refractivity contribution in [3.05, 3.63) is 23.8 Å². The van der Waals surface area contributed by atoms with Crippen LogP contribution < -0.4 is 14.8 Å². The molecule has 0 bridgehead atoms. The second kappa shape index (κ2) is 18.3. The molecule has 1 saturated carbocycles. The first-order valence-electron chi connectivity index (χ1n) is 15.1. The van der Waals surface area contributed by atoms with E-state index in [9.17, 15) is 24.3 Å². The SMILES string of the molecule is CCCC(C)OC(=O)Oc1ccc(C[C@H](NCC(C)OC(=O)C2CCCCC2)C(=O)O)cc1OC(=O)OC(C)CCC. The third-order valence-electron chi connectivity index (χ3n) is 7.03. The number of hydrogen-bond acceptors (Lipinski definition) is 10. The molecule has 236 valence electrons. The second-order valence-corrected chi connectivity index (χ2v) is 11.0. The van der Waals surface area contributed by atoms with E-state index in [1.165, 1.54) is 12.1 Å². The van der Waals surface area contributed by atoms with Crippen LogP contribution in [0.25, 0.3) is 0 Å². The highest BCUT2D eigenvalue weighted by molar-refractivity contribution is 5.74. The Labute approximate surface area is 248 Å². The number of carbonyl (C=O) groups is 4. The van der Waals surface area contributed by atoms with Crippen molar-refractivity contribution in [1.82, 2.24) is 5.32 Å².